The van der Waals surface area contributed by atoms with Gasteiger partial charge in [-0.05, 0) is 5.56 Å². The molecular weight excluding hydrogens is 256 g/mol. The zero-order valence-electron chi connectivity index (χ0n) is 11.3. The highest BCUT2D eigenvalue weighted by Gasteiger charge is 2.15. The zero-order chi connectivity index (χ0) is 13.9. The Morgan fingerprint density at radius 2 is 2.30 bits per heavy atom. The van der Waals surface area contributed by atoms with Crippen LogP contribution in [0.25, 0.3) is 0 Å². The van der Waals surface area contributed by atoms with Gasteiger partial charge in [0.15, 0.2) is 0 Å². The van der Waals surface area contributed by atoms with Crippen molar-refractivity contribution in [3.8, 4) is 5.88 Å². The fourth-order valence-corrected chi connectivity index (χ4v) is 2.32. The predicted molar refractivity (Wildman–Crippen MR) is 73.9 cm³/mol. The van der Waals surface area contributed by atoms with Crippen molar-refractivity contribution in [3.05, 3.63) is 51.3 Å². The van der Waals surface area contributed by atoms with Crippen molar-refractivity contribution in [2.24, 2.45) is 0 Å². The van der Waals surface area contributed by atoms with Gasteiger partial charge < -0.3 is 15.0 Å². The minimum Gasteiger partial charge on any atom is -0.481 e. The van der Waals surface area contributed by atoms with E-state index in [0.717, 1.165) is 29.8 Å². The first kappa shape index (κ1) is 12.8. The van der Waals surface area contributed by atoms with Crippen LogP contribution in [0.1, 0.15) is 22.6 Å². The van der Waals surface area contributed by atoms with E-state index in [1.807, 2.05) is 6.07 Å². The number of ether oxygens (including phenoxy) is 1. The van der Waals surface area contributed by atoms with Gasteiger partial charge in [0.2, 0.25) is 5.88 Å². The standard InChI is InChI=1S/C14H16N4O2/c1-20-13-3-2-9(7-16-13)6-12-17-11-4-5-15-8-10(11)14(19)18-12/h2-3,7,15H,4-6,8H2,1H3,(H,17,18,19). The highest BCUT2D eigenvalue weighted by molar-refractivity contribution is 5.24. The summed E-state index contributed by atoms with van der Waals surface area (Å²) in [5.74, 6) is 1.26. The molecule has 0 unspecified atom stereocenters. The van der Waals surface area contributed by atoms with Crippen molar-refractivity contribution >= 4 is 0 Å². The lowest BCUT2D eigenvalue weighted by Crippen LogP contribution is -2.32. The quantitative estimate of drug-likeness (QED) is 0.846. The van der Waals surface area contributed by atoms with Gasteiger partial charge in [0.05, 0.1) is 18.4 Å². The van der Waals surface area contributed by atoms with Crippen LogP contribution in [0.15, 0.2) is 23.1 Å². The van der Waals surface area contributed by atoms with Crippen molar-refractivity contribution in [1.29, 1.82) is 0 Å². The van der Waals surface area contributed by atoms with Gasteiger partial charge in [0, 0.05) is 38.2 Å². The first-order chi connectivity index (χ1) is 9.76. The maximum absolute atomic E-state index is 12.0. The number of methoxy groups -OCH3 is 1. The minimum absolute atomic E-state index is 0.0429. The number of nitrogens with one attached hydrogen (secondary N) is 2. The molecule has 20 heavy (non-hydrogen) atoms. The van der Waals surface area contributed by atoms with E-state index < -0.39 is 0 Å². The van der Waals surface area contributed by atoms with Crippen molar-refractivity contribution < 1.29 is 4.74 Å². The van der Waals surface area contributed by atoms with E-state index >= 15 is 0 Å². The van der Waals surface area contributed by atoms with Gasteiger partial charge in [0.25, 0.3) is 5.56 Å². The van der Waals surface area contributed by atoms with Crippen molar-refractivity contribution in [2.75, 3.05) is 13.7 Å². The third-order valence-corrected chi connectivity index (χ3v) is 3.37. The molecule has 0 spiro atoms. The molecule has 2 aromatic rings. The van der Waals surface area contributed by atoms with Crippen LogP contribution in [0.2, 0.25) is 0 Å². The van der Waals surface area contributed by atoms with E-state index in [1.165, 1.54) is 0 Å². The normalized spacial score (nSPS) is 13.8. The van der Waals surface area contributed by atoms with Crippen molar-refractivity contribution in [3.63, 3.8) is 0 Å². The molecule has 0 bridgehead atoms. The zero-order valence-corrected chi connectivity index (χ0v) is 11.3. The third kappa shape index (κ3) is 2.55. The van der Waals surface area contributed by atoms with E-state index in [0.29, 0.717) is 24.7 Å². The van der Waals surface area contributed by atoms with Crippen LogP contribution in [0.5, 0.6) is 5.88 Å². The summed E-state index contributed by atoms with van der Waals surface area (Å²) in [5, 5.41) is 3.18. The topological polar surface area (TPSA) is 79.9 Å². The minimum atomic E-state index is -0.0429. The molecule has 0 fully saturated rings. The van der Waals surface area contributed by atoms with Crippen LogP contribution in [0.4, 0.5) is 0 Å². The van der Waals surface area contributed by atoms with Crippen molar-refractivity contribution in [1.82, 2.24) is 20.3 Å². The summed E-state index contributed by atoms with van der Waals surface area (Å²) in [7, 11) is 1.58. The number of aromatic nitrogens is 3. The highest BCUT2D eigenvalue weighted by atomic mass is 16.5. The molecule has 3 rings (SSSR count). The molecule has 0 saturated heterocycles. The SMILES string of the molecule is COc1ccc(Cc2nc3c(c(=O)[nH]2)CNCC3)cn1. The van der Waals surface area contributed by atoms with E-state index in [1.54, 1.807) is 19.4 Å². The predicted octanol–water partition coefficient (Wildman–Crippen LogP) is 0.410. The molecule has 2 aromatic heterocycles. The number of hydrogen-bond acceptors (Lipinski definition) is 5. The smallest absolute Gasteiger partial charge is 0.255 e. The number of aromatic amines is 1. The van der Waals surface area contributed by atoms with Gasteiger partial charge in [-0.3, -0.25) is 4.79 Å². The second kappa shape index (κ2) is 5.42. The Labute approximate surface area is 116 Å². The second-order valence-corrected chi connectivity index (χ2v) is 4.75. The maximum Gasteiger partial charge on any atom is 0.255 e. The van der Waals surface area contributed by atoms with Crippen LogP contribution in [0.3, 0.4) is 0 Å². The summed E-state index contributed by atoms with van der Waals surface area (Å²) in [5.41, 5.74) is 2.61. The molecular formula is C14H16N4O2. The van der Waals surface area contributed by atoms with E-state index in [-0.39, 0.29) is 5.56 Å². The Kier molecular flexibility index (Phi) is 3.47. The molecule has 0 saturated carbocycles. The van der Waals surface area contributed by atoms with E-state index in [4.69, 9.17) is 4.74 Å². The number of nitrogens with zero attached hydrogens (tertiary/aromatic N) is 2. The Hall–Kier alpha value is -2.21. The number of H-pyrrole nitrogens is 1. The van der Waals surface area contributed by atoms with E-state index in [2.05, 4.69) is 20.3 Å². The van der Waals surface area contributed by atoms with Gasteiger partial charge in [-0.25, -0.2) is 9.97 Å². The maximum atomic E-state index is 12.0. The summed E-state index contributed by atoms with van der Waals surface area (Å²) >= 11 is 0. The van der Waals surface area contributed by atoms with Gasteiger partial charge in [0.1, 0.15) is 5.82 Å². The first-order valence-corrected chi connectivity index (χ1v) is 6.57. The average Bonchev–Trinajstić information content (AvgIpc) is 2.48. The molecule has 1 aliphatic heterocycles. The van der Waals surface area contributed by atoms with Gasteiger partial charge in [-0.2, -0.15) is 0 Å². The summed E-state index contributed by atoms with van der Waals surface area (Å²) in [6.07, 6.45) is 3.10. The Bertz CT molecular complexity index is 664. The Morgan fingerprint density at radius 1 is 1.40 bits per heavy atom. The molecule has 1 aliphatic rings. The van der Waals surface area contributed by atoms with Gasteiger partial charge in [-0.1, -0.05) is 6.07 Å². The van der Waals surface area contributed by atoms with Crippen LogP contribution in [-0.2, 0) is 19.4 Å². The molecule has 6 heteroatoms. The second-order valence-electron chi connectivity index (χ2n) is 4.75. The summed E-state index contributed by atoms with van der Waals surface area (Å²) in [4.78, 5) is 23.6. The van der Waals surface area contributed by atoms with Crippen LogP contribution >= 0.6 is 0 Å². The first-order valence-electron chi connectivity index (χ1n) is 6.57. The largest absolute Gasteiger partial charge is 0.481 e. The summed E-state index contributed by atoms with van der Waals surface area (Å²) in [6, 6.07) is 3.72. The monoisotopic (exact) mass is 272 g/mol. The van der Waals surface area contributed by atoms with Crippen LogP contribution in [-0.4, -0.2) is 28.6 Å². The van der Waals surface area contributed by atoms with Gasteiger partial charge in [-0.15, -0.1) is 0 Å². The molecule has 0 amide bonds. The van der Waals surface area contributed by atoms with Crippen LogP contribution < -0.4 is 15.6 Å². The summed E-state index contributed by atoms with van der Waals surface area (Å²) < 4.78 is 5.02. The fraction of sp³-hybridized carbons (Fsp3) is 0.357. The lowest BCUT2D eigenvalue weighted by Gasteiger charge is -2.15. The van der Waals surface area contributed by atoms with Gasteiger partial charge >= 0.3 is 0 Å². The molecule has 6 nitrogen and oxygen atoms in total. The fourth-order valence-electron chi connectivity index (χ4n) is 2.32. The number of hydrogen-bond donors (Lipinski definition) is 2. The van der Waals surface area contributed by atoms with Crippen LogP contribution in [0, 0.1) is 0 Å². The lowest BCUT2D eigenvalue weighted by molar-refractivity contribution is 0.397. The highest BCUT2D eigenvalue weighted by Crippen LogP contribution is 2.11. The number of rotatable bonds is 3. The lowest BCUT2D eigenvalue weighted by atomic mass is 10.1. The molecule has 2 N–H and O–H groups in total. The van der Waals surface area contributed by atoms with Crippen molar-refractivity contribution in [2.45, 2.75) is 19.4 Å². The summed E-state index contributed by atoms with van der Waals surface area (Å²) in [6.45, 7) is 1.47. The molecule has 104 valence electrons. The molecule has 0 aromatic carbocycles. The molecule has 3 heterocycles. The average molecular weight is 272 g/mol. The number of pyridine rings is 1. The number of fused-ring (bicyclic) bond motifs is 1. The Morgan fingerprint density at radius 3 is 3.05 bits per heavy atom. The molecule has 0 atom stereocenters. The molecule has 0 radical (unpaired) electrons. The third-order valence-electron chi connectivity index (χ3n) is 3.37. The van der Waals surface area contributed by atoms with E-state index in [9.17, 15) is 4.79 Å². The molecule has 0 aliphatic carbocycles. The Balaban J connectivity index is 1.87.